The van der Waals surface area contributed by atoms with Gasteiger partial charge in [0, 0.05) is 12.6 Å². The third-order valence-corrected chi connectivity index (χ3v) is 4.74. The number of esters is 1. The molecule has 1 saturated carbocycles. The van der Waals surface area contributed by atoms with Crippen molar-refractivity contribution >= 4 is 5.97 Å². The van der Waals surface area contributed by atoms with Crippen LogP contribution < -0.4 is 5.73 Å². The average Bonchev–Trinajstić information content (AvgIpc) is 2.48. The molecule has 1 atom stereocenters. The number of piperidine rings is 1. The van der Waals surface area contributed by atoms with Crippen LogP contribution in [-0.2, 0) is 9.53 Å². The minimum atomic E-state index is 0.00263. The van der Waals surface area contributed by atoms with E-state index < -0.39 is 0 Å². The minimum absolute atomic E-state index is 0.00263. The van der Waals surface area contributed by atoms with Gasteiger partial charge in [0.05, 0.1) is 12.5 Å². The van der Waals surface area contributed by atoms with Crippen LogP contribution in [0.4, 0.5) is 0 Å². The molecule has 0 aromatic carbocycles. The van der Waals surface area contributed by atoms with Gasteiger partial charge in [0.1, 0.15) is 0 Å². The van der Waals surface area contributed by atoms with E-state index in [0.717, 1.165) is 38.4 Å². The lowest BCUT2D eigenvalue weighted by atomic mass is 9.84. The summed E-state index contributed by atoms with van der Waals surface area (Å²) in [5.74, 6) is 0.825. The van der Waals surface area contributed by atoms with Crippen molar-refractivity contribution in [2.45, 2.75) is 51.5 Å². The highest BCUT2D eigenvalue weighted by Gasteiger charge is 2.32. The molecule has 0 bridgehead atoms. The molecule has 0 aromatic heterocycles. The minimum Gasteiger partial charge on any atom is -0.466 e. The van der Waals surface area contributed by atoms with Gasteiger partial charge >= 0.3 is 5.97 Å². The number of carbonyl (C=O) groups is 1. The average molecular weight is 268 g/mol. The number of hydrogen-bond donors (Lipinski definition) is 1. The first kappa shape index (κ1) is 14.8. The number of ether oxygens (including phenoxy) is 1. The fraction of sp³-hybridized carbons (Fsp3) is 0.933. The van der Waals surface area contributed by atoms with Crippen molar-refractivity contribution < 1.29 is 9.53 Å². The molecule has 110 valence electrons. The van der Waals surface area contributed by atoms with E-state index in [0.29, 0.717) is 12.6 Å². The van der Waals surface area contributed by atoms with Crippen molar-refractivity contribution in [2.24, 2.45) is 17.6 Å². The van der Waals surface area contributed by atoms with E-state index in [4.69, 9.17) is 10.5 Å². The SMILES string of the molecule is CCOC(=O)C1CCCN(C2CCC(CN)CC2)C1. The van der Waals surface area contributed by atoms with Crippen LogP contribution in [0.1, 0.15) is 45.4 Å². The molecule has 0 amide bonds. The van der Waals surface area contributed by atoms with Gasteiger partial charge in [-0.2, -0.15) is 0 Å². The van der Waals surface area contributed by atoms with Crippen LogP contribution in [0.15, 0.2) is 0 Å². The van der Waals surface area contributed by atoms with E-state index in [1.807, 2.05) is 6.92 Å². The number of hydrogen-bond acceptors (Lipinski definition) is 4. The smallest absolute Gasteiger partial charge is 0.310 e. The van der Waals surface area contributed by atoms with Crippen molar-refractivity contribution in [1.82, 2.24) is 4.90 Å². The van der Waals surface area contributed by atoms with Gasteiger partial charge in [-0.1, -0.05) is 0 Å². The quantitative estimate of drug-likeness (QED) is 0.790. The summed E-state index contributed by atoms with van der Waals surface area (Å²) >= 11 is 0. The second kappa shape index (κ2) is 7.25. The summed E-state index contributed by atoms with van der Waals surface area (Å²) in [5, 5.41) is 0. The standard InChI is InChI=1S/C15H28N2O2/c1-2-19-15(18)13-4-3-9-17(11-13)14-7-5-12(10-16)6-8-14/h12-14H,2-11,16H2,1H3. The summed E-state index contributed by atoms with van der Waals surface area (Å²) in [6, 6.07) is 0.667. The highest BCUT2D eigenvalue weighted by molar-refractivity contribution is 5.72. The zero-order valence-electron chi connectivity index (χ0n) is 12.1. The lowest BCUT2D eigenvalue weighted by Crippen LogP contribution is -2.46. The second-order valence-corrected chi connectivity index (χ2v) is 6.00. The van der Waals surface area contributed by atoms with E-state index >= 15 is 0 Å². The second-order valence-electron chi connectivity index (χ2n) is 6.00. The Morgan fingerprint density at radius 3 is 2.63 bits per heavy atom. The predicted molar refractivity (Wildman–Crippen MR) is 75.7 cm³/mol. The molecule has 19 heavy (non-hydrogen) atoms. The van der Waals surface area contributed by atoms with E-state index in [9.17, 15) is 4.79 Å². The fourth-order valence-electron chi connectivity index (χ4n) is 3.54. The summed E-state index contributed by atoms with van der Waals surface area (Å²) in [6.07, 6.45) is 7.12. The van der Waals surface area contributed by atoms with Gasteiger partial charge in [-0.15, -0.1) is 0 Å². The summed E-state index contributed by atoms with van der Waals surface area (Å²) in [7, 11) is 0. The summed E-state index contributed by atoms with van der Waals surface area (Å²) in [4.78, 5) is 14.4. The molecule has 4 nitrogen and oxygen atoms in total. The molecule has 2 N–H and O–H groups in total. The number of carbonyl (C=O) groups excluding carboxylic acids is 1. The van der Waals surface area contributed by atoms with E-state index in [1.54, 1.807) is 0 Å². The van der Waals surface area contributed by atoms with Crippen LogP contribution in [-0.4, -0.2) is 43.2 Å². The monoisotopic (exact) mass is 268 g/mol. The van der Waals surface area contributed by atoms with Crippen molar-refractivity contribution in [1.29, 1.82) is 0 Å². The number of rotatable bonds is 4. The number of nitrogens with two attached hydrogens (primary N) is 1. The van der Waals surface area contributed by atoms with Gasteiger partial charge in [0.15, 0.2) is 0 Å². The lowest BCUT2D eigenvalue weighted by Gasteiger charge is -2.40. The predicted octanol–water partition coefficient (Wildman–Crippen LogP) is 1.78. The van der Waals surface area contributed by atoms with Crippen LogP contribution in [0.3, 0.4) is 0 Å². The molecule has 2 aliphatic rings. The zero-order chi connectivity index (χ0) is 13.7. The first-order valence-electron chi connectivity index (χ1n) is 7.85. The van der Waals surface area contributed by atoms with Gasteiger partial charge in [-0.3, -0.25) is 9.69 Å². The van der Waals surface area contributed by atoms with E-state index in [1.165, 1.54) is 25.7 Å². The normalized spacial score (nSPS) is 33.1. The molecule has 1 unspecified atom stereocenters. The van der Waals surface area contributed by atoms with Crippen LogP contribution >= 0.6 is 0 Å². The molecule has 1 saturated heterocycles. The molecular weight excluding hydrogens is 240 g/mol. The van der Waals surface area contributed by atoms with Crippen molar-refractivity contribution in [3.05, 3.63) is 0 Å². The Morgan fingerprint density at radius 2 is 2.00 bits per heavy atom. The van der Waals surface area contributed by atoms with Crippen LogP contribution in [0.5, 0.6) is 0 Å². The van der Waals surface area contributed by atoms with Crippen LogP contribution in [0, 0.1) is 11.8 Å². The Kier molecular flexibility index (Phi) is 5.64. The lowest BCUT2D eigenvalue weighted by molar-refractivity contribution is -0.150. The van der Waals surface area contributed by atoms with Gasteiger partial charge in [0.25, 0.3) is 0 Å². The maximum absolute atomic E-state index is 11.9. The Morgan fingerprint density at radius 1 is 1.26 bits per heavy atom. The summed E-state index contributed by atoms with van der Waals surface area (Å²) in [6.45, 7) is 5.26. The maximum Gasteiger partial charge on any atom is 0.310 e. The van der Waals surface area contributed by atoms with Crippen molar-refractivity contribution in [3.63, 3.8) is 0 Å². The fourth-order valence-corrected chi connectivity index (χ4v) is 3.54. The van der Waals surface area contributed by atoms with Gasteiger partial charge in [-0.05, 0) is 64.5 Å². The molecule has 0 aromatic rings. The molecule has 0 spiro atoms. The van der Waals surface area contributed by atoms with Crippen molar-refractivity contribution in [3.8, 4) is 0 Å². The Bertz CT molecular complexity index is 288. The van der Waals surface area contributed by atoms with E-state index in [-0.39, 0.29) is 11.9 Å². The topological polar surface area (TPSA) is 55.6 Å². The molecule has 1 aliphatic heterocycles. The van der Waals surface area contributed by atoms with E-state index in [2.05, 4.69) is 4.90 Å². The van der Waals surface area contributed by atoms with Gasteiger partial charge < -0.3 is 10.5 Å². The summed E-state index contributed by atoms with van der Waals surface area (Å²) < 4.78 is 5.17. The Labute approximate surface area is 116 Å². The molecule has 0 radical (unpaired) electrons. The van der Waals surface area contributed by atoms with Crippen LogP contribution in [0.2, 0.25) is 0 Å². The highest BCUT2D eigenvalue weighted by atomic mass is 16.5. The Hall–Kier alpha value is -0.610. The van der Waals surface area contributed by atoms with Gasteiger partial charge in [-0.25, -0.2) is 0 Å². The summed E-state index contributed by atoms with van der Waals surface area (Å²) in [5.41, 5.74) is 5.75. The molecule has 1 heterocycles. The first-order valence-corrected chi connectivity index (χ1v) is 7.85. The zero-order valence-corrected chi connectivity index (χ0v) is 12.1. The van der Waals surface area contributed by atoms with Gasteiger partial charge in [0.2, 0.25) is 0 Å². The largest absolute Gasteiger partial charge is 0.466 e. The highest BCUT2D eigenvalue weighted by Crippen LogP contribution is 2.30. The third kappa shape index (κ3) is 3.93. The first-order chi connectivity index (χ1) is 9.24. The number of likely N-dealkylation sites (tertiary alicyclic amines) is 1. The van der Waals surface area contributed by atoms with Crippen LogP contribution in [0.25, 0.3) is 0 Å². The number of nitrogens with zero attached hydrogens (tertiary/aromatic N) is 1. The Balaban J connectivity index is 1.82. The molecule has 2 fully saturated rings. The third-order valence-electron chi connectivity index (χ3n) is 4.74. The molecule has 4 heteroatoms. The van der Waals surface area contributed by atoms with Crippen molar-refractivity contribution in [2.75, 3.05) is 26.2 Å². The maximum atomic E-state index is 11.9. The molecule has 1 aliphatic carbocycles. The molecular formula is C15H28N2O2. The molecule has 2 rings (SSSR count).